The fraction of sp³-hybridized carbons (Fsp3) is 0.0667. The number of hydrogen-bond donors (Lipinski definition) is 0. The molecule has 0 aliphatic rings. The van der Waals surface area contributed by atoms with Crippen molar-refractivity contribution in [2.75, 3.05) is 0 Å². The summed E-state index contributed by atoms with van der Waals surface area (Å²) < 4.78 is 5.15. The van der Waals surface area contributed by atoms with E-state index in [0.29, 0.717) is 17.8 Å². The molecule has 0 bridgehead atoms. The lowest BCUT2D eigenvalue weighted by molar-refractivity contribution is -0.385. The number of rotatable bonds is 5. The molecule has 0 unspecified atom stereocenters. The highest BCUT2D eigenvalue weighted by molar-refractivity contribution is 5.55. The average molecular weight is 326 g/mol. The van der Waals surface area contributed by atoms with Gasteiger partial charge in [0.2, 0.25) is 0 Å². The second kappa shape index (κ2) is 6.24. The second-order valence-corrected chi connectivity index (χ2v) is 4.92. The number of benzene rings is 2. The SMILES string of the molecule is O=[N+]([O-])c1ccc(Cc2noc(-c3ccc([N+](=O)[O-])cc3)n2)cc1. The molecule has 3 aromatic rings. The lowest BCUT2D eigenvalue weighted by Gasteiger charge is -1.96. The third-order valence-corrected chi connectivity index (χ3v) is 3.30. The molecule has 3 rings (SSSR count). The summed E-state index contributed by atoms with van der Waals surface area (Å²) in [4.78, 5) is 24.5. The Morgan fingerprint density at radius 3 is 1.96 bits per heavy atom. The quantitative estimate of drug-likeness (QED) is 0.520. The Morgan fingerprint density at radius 1 is 0.875 bits per heavy atom. The third-order valence-electron chi connectivity index (χ3n) is 3.30. The van der Waals surface area contributed by atoms with Crippen LogP contribution < -0.4 is 0 Å². The van der Waals surface area contributed by atoms with Crippen LogP contribution in [0, 0.1) is 20.2 Å². The minimum Gasteiger partial charge on any atom is -0.334 e. The van der Waals surface area contributed by atoms with Gasteiger partial charge in [-0.3, -0.25) is 20.2 Å². The molecule has 0 spiro atoms. The van der Waals surface area contributed by atoms with E-state index in [2.05, 4.69) is 10.1 Å². The van der Waals surface area contributed by atoms with Gasteiger partial charge in [0.05, 0.1) is 9.85 Å². The second-order valence-electron chi connectivity index (χ2n) is 4.92. The summed E-state index contributed by atoms with van der Waals surface area (Å²) in [5.41, 5.74) is 1.36. The van der Waals surface area contributed by atoms with Gasteiger partial charge in [0.15, 0.2) is 5.82 Å². The monoisotopic (exact) mass is 326 g/mol. The van der Waals surface area contributed by atoms with Crippen LogP contribution in [0.15, 0.2) is 53.1 Å². The molecule has 24 heavy (non-hydrogen) atoms. The van der Waals surface area contributed by atoms with Gasteiger partial charge >= 0.3 is 0 Å². The molecule has 0 aliphatic heterocycles. The zero-order valence-corrected chi connectivity index (χ0v) is 12.2. The molecular weight excluding hydrogens is 316 g/mol. The maximum absolute atomic E-state index is 10.6. The Hall–Kier alpha value is -3.62. The smallest absolute Gasteiger partial charge is 0.269 e. The molecule has 0 aliphatic carbocycles. The van der Waals surface area contributed by atoms with Gasteiger partial charge < -0.3 is 4.52 Å². The summed E-state index contributed by atoms with van der Waals surface area (Å²) in [5.74, 6) is 0.666. The van der Waals surface area contributed by atoms with Gasteiger partial charge in [-0.25, -0.2) is 0 Å². The standard InChI is InChI=1S/C15H10N4O5/c20-18(21)12-5-1-10(2-6-12)9-14-16-15(24-17-14)11-3-7-13(8-4-11)19(22)23/h1-8H,9H2. The van der Waals surface area contributed by atoms with E-state index in [1.165, 1.54) is 36.4 Å². The molecule has 9 nitrogen and oxygen atoms in total. The zero-order chi connectivity index (χ0) is 17.1. The van der Waals surface area contributed by atoms with Gasteiger partial charge in [-0.15, -0.1) is 0 Å². The summed E-state index contributed by atoms with van der Waals surface area (Å²) in [5, 5.41) is 25.1. The van der Waals surface area contributed by atoms with Crippen LogP contribution in [-0.2, 0) is 6.42 Å². The molecule has 2 aromatic carbocycles. The van der Waals surface area contributed by atoms with Crippen LogP contribution in [0.3, 0.4) is 0 Å². The first kappa shape index (κ1) is 15.3. The summed E-state index contributed by atoms with van der Waals surface area (Å²) in [6.45, 7) is 0. The fourth-order valence-electron chi connectivity index (χ4n) is 2.09. The summed E-state index contributed by atoms with van der Waals surface area (Å²) >= 11 is 0. The first-order valence-corrected chi connectivity index (χ1v) is 6.83. The lowest BCUT2D eigenvalue weighted by Crippen LogP contribution is -1.92. The molecule has 0 radical (unpaired) electrons. The van der Waals surface area contributed by atoms with Crippen molar-refractivity contribution in [3.05, 3.63) is 80.1 Å². The minimum atomic E-state index is -0.488. The van der Waals surface area contributed by atoms with Crippen molar-refractivity contribution in [2.24, 2.45) is 0 Å². The highest BCUT2D eigenvalue weighted by atomic mass is 16.6. The first-order valence-electron chi connectivity index (χ1n) is 6.83. The molecule has 0 amide bonds. The number of nitro groups is 2. The maximum atomic E-state index is 10.6. The van der Waals surface area contributed by atoms with Gasteiger partial charge in [-0.1, -0.05) is 17.3 Å². The largest absolute Gasteiger partial charge is 0.334 e. The third kappa shape index (κ3) is 3.24. The Morgan fingerprint density at radius 2 is 1.42 bits per heavy atom. The molecule has 120 valence electrons. The van der Waals surface area contributed by atoms with Crippen molar-refractivity contribution in [1.29, 1.82) is 0 Å². The molecular formula is C15H10N4O5. The molecule has 0 N–H and O–H groups in total. The van der Waals surface area contributed by atoms with E-state index >= 15 is 0 Å². The Bertz CT molecular complexity index is 887. The van der Waals surface area contributed by atoms with Gasteiger partial charge in [0, 0.05) is 36.2 Å². The Labute approximate surface area is 134 Å². The number of nitro benzene ring substituents is 2. The van der Waals surface area contributed by atoms with Crippen LogP contribution in [0.1, 0.15) is 11.4 Å². The summed E-state index contributed by atoms with van der Waals surface area (Å²) in [6, 6.07) is 11.8. The fourth-order valence-corrected chi connectivity index (χ4v) is 2.09. The molecule has 1 heterocycles. The van der Waals surface area contributed by atoms with Crippen LogP contribution in [0.5, 0.6) is 0 Å². The first-order chi connectivity index (χ1) is 11.5. The molecule has 0 fully saturated rings. The van der Waals surface area contributed by atoms with Crippen molar-refractivity contribution >= 4 is 11.4 Å². The van der Waals surface area contributed by atoms with Gasteiger partial charge in [0.25, 0.3) is 17.3 Å². The van der Waals surface area contributed by atoms with Crippen molar-refractivity contribution in [1.82, 2.24) is 10.1 Å². The van der Waals surface area contributed by atoms with Crippen LogP contribution in [0.4, 0.5) is 11.4 Å². The topological polar surface area (TPSA) is 125 Å². The zero-order valence-electron chi connectivity index (χ0n) is 12.2. The lowest BCUT2D eigenvalue weighted by atomic mass is 10.1. The number of nitrogens with zero attached hydrogens (tertiary/aromatic N) is 4. The van der Waals surface area contributed by atoms with Crippen molar-refractivity contribution < 1.29 is 14.4 Å². The number of aromatic nitrogens is 2. The minimum absolute atomic E-state index is 0.0124. The van der Waals surface area contributed by atoms with Crippen LogP contribution in [-0.4, -0.2) is 20.0 Å². The predicted octanol–water partition coefficient (Wildman–Crippen LogP) is 3.14. The van der Waals surface area contributed by atoms with E-state index in [-0.39, 0.29) is 17.3 Å². The van der Waals surface area contributed by atoms with E-state index in [9.17, 15) is 20.2 Å². The van der Waals surface area contributed by atoms with E-state index in [1.54, 1.807) is 12.1 Å². The Balaban J connectivity index is 1.75. The Kier molecular flexibility index (Phi) is 3.98. The summed E-state index contributed by atoms with van der Waals surface area (Å²) in [7, 11) is 0. The molecule has 9 heteroatoms. The molecule has 0 saturated carbocycles. The number of non-ortho nitro benzene ring substituents is 2. The van der Waals surface area contributed by atoms with Crippen molar-refractivity contribution in [2.45, 2.75) is 6.42 Å². The highest BCUT2D eigenvalue weighted by Crippen LogP contribution is 2.21. The molecule has 0 saturated heterocycles. The summed E-state index contributed by atoms with van der Waals surface area (Å²) in [6.07, 6.45) is 0.356. The molecule has 1 aromatic heterocycles. The van der Waals surface area contributed by atoms with Crippen LogP contribution in [0.2, 0.25) is 0 Å². The maximum Gasteiger partial charge on any atom is 0.269 e. The van der Waals surface area contributed by atoms with Gasteiger partial charge in [-0.05, 0) is 17.7 Å². The molecule has 0 atom stereocenters. The normalized spacial score (nSPS) is 10.5. The highest BCUT2D eigenvalue weighted by Gasteiger charge is 2.12. The van der Waals surface area contributed by atoms with Crippen LogP contribution in [0.25, 0.3) is 11.5 Å². The van der Waals surface area contributed by atoms with Crippen molar-refractivity contribution in [3.63, 3.8) is 0 Å². The van der Waals surface area contributed by atoms with E-state index < -0.39 is 9.85 Å². The van der Waals surface area contributed by atoms with E-state index in [0.717, 1.165) is 5.56 Å². The average Bonchev–Trinajstić information content (AvgIpc) is 3.04. The van der Waals surface area contributed by atoms with Gasteiger partial charge in [-0.2, -0.15) is 4.98 Å². The van der Waals surface area contributed by atoms with Gasteiger partial charge in [0.1, 0.15) is 0 Å². The van der Waals surface area contributed by atoms with Crippen molar-refractivity contribution in [3.8, 4) is 11.5 Å². The van der Waals surface area contributed by atoms with E-state index in [1.807, 2.05) is 0 Å². The predicted molar refractivity (Wildman–Crippen MR) is 82.3 cm³/mol. The van der Waals surface area contributed by atoms with E-state index in [4.69, 9.17) is 4.52 Å². The van der Waals surface area contributed by atoms with Crippen LogP contribution >= 0.6 is 0 Å². The number of hydrogen-bond acceptors (Lipinski definition) is 7.